The van der Waals surface area contributed by atoms with E-state index >= 15 is 0 Å². The molecule has 1 aliphatic rings. The highest BCUT2D eigenvalue weighted by molar-refractivity contribution is 5.82. The molecule has 2 nitrogen and oxygen atoms in total. The van der Waals surface area contributed by atoms with Crippen molar-refractivity contribution in [2.24, 2.45) is 0 Å². The third-order valence-corrected chi connectivity index (χ3v) is 3.52. The van der Waals surface area contributed by atoms with Gasteiger partial charge in [0.05, 0.1) is 12.5 Å². The summed E-state index contributed by atoms with van der Waals surface area (Å²) in [5.74, 6) is 0.0990. The van der Waals surface area contributed by atoms with Crippen molar-refractivity contribution in [2.75, 3.05) is 0 Å². The zero-order valence-corrected chi connectivity index (χ0v) is 10.3. The molecule has 3 rings (SSSR count). The average Bonchev–Trinajstić information content (AvgIpc) is 2.38. The lowest BCUT2D eigenvalue weighted by Gasteiger charge is -2.28. The zero-order chi connectivity index (χ0) is 12.5. The maximum Gasteiger partial charge on any atom is 0.225 e. The van der Waals surface area contributed by atoms with E-state index in [0.717, 1.165) is 5.56 Å². The van der Waals surface area contributed by atoms with Crippen molar-refractivity contribution >= 4 is 5.91 Å². The predicted molar refractivity (Wildman–Crippen MR) is 71.3 cm³/mol. The highest BCUT2D eigenvalue weighted by Crippen LogP contribution is 2.30. The van der Waals surface area contributed by atoms with Gasteiger partial charge in [-0.1, -0.05) is 48.5 Å². The molecule has 2 heteroatoms. The van der Waals surface area contributed by atoms with Crippen LogP contribution in [0.5, 0.6) is 0 Å². The molecule has 0 saturated heterocycles. The minimum absolute atomic E-state index is 0.0105. The lowest BCUT2D eigenvalue weighted by Crippen LogP contribution is -2.36. The van der Waals surface area contributed by atoms with Gasteiger partial charge in [0.1, 0.15) is 0 Å². The zero-order valence-electron chi connectivity index (χ0n) is 10.3. The van der Waals surface area contributed by atoms with Crippen molar-refractivity contribution in [1.82, 2.24) is 5.32 Å². The summed E-state index contributed by atoms with van der Waals surface area (Å²) in [7, 11) is 0. The van der Waals surface area contributed by atoms with Crippen LogP contribution in [0, 0.1) is 6.92 Å². The maximum atomic E-state index is 11.8. The van der Waals surface area contributed by atoms with Crippen LogP contribution in [0.4, 0.5) is 0 Å². The first kappa shape index (κ1) is 11.0. The Morgan fingerprint density at radius 2 is 1.67 bits per heavy atom. The summed E-state index contributed by atoms with van der Waals surface area (Å²) in [6.07, 6.45) is 0.485. The topological polar surface area (TPSA) is 29.1 Å². The van der Waals surface area contributed by atoms with Crippen LogP contribution in [0.2, 0.25) is 0 Å². The molecular formula is C16H15NO. The number of nitrogens with one attached hydrogen (secondary N) is 1. The van der Waals surface area contributed by atoms with Gasteiger partial charge in [-0.3, -0.25) is 4.79 Å². The number of hydrogen-bond donors (Lipinski definition) is 1. The first-order chi connectivity index (χ1) is 8.75. The van der Waals surface area contributed by atoms with Gasteiger partial charge in [0.25, 0.3) is 0 Å². The largest absolute Gasteiger partial charge is 0.345 e. The normalized spacial score (nSPS) is 18.1. The van der Waals surface area contributed by atoms with Gasteiger partial charge < -0.3 is 5.32 Å². The molecule has 2 aromatic rings. The third-order valence-electron chi connectivity index (χ3n) is 3.52. The molecule has 0 aliphatic carbocycles. The Kier molecular flexibility index (Phi) is 2.63. The van der Waals surface area contributed by atoms with Crippen LogP contribution in [0.1, 0.15) is 28.3 Å². The summed E-state index contributed by atoms with van der Waals surface area (Å²) >= 11 is 0. The van der Waals surface area contributed by atoms with E-state index in [2.05, 4.69) is 30.4 Å². The SMILES string of the molecule is Cc1ccccc1[C@@H]1NC(=O)Cc2ccccc21. The van der Waals surface area contributed by atoms with Crippen molar-refractivity contribution in [2.45, 2.75) is 19.4 Å². The molecule has 1 N–H and O–H groups in total. The van der Waals surface area contributed by atoms with Gasteiger partial charge in [0, 0.05) is 0 Å². The summed E-state index contributed by atoms with van der Waals surface area (Å²) in [6.45, 7) is 2.08. The van der Waals surface area contributed by atoms with Gasteiger partial charge >= 0.3 is 0 Å². The second-order valence-electron chi connectivity index (χ2n) is 4.73. The van der Waals surface area contributed by atoms with Crippen LogP contribution >= 0.6 is 0 Å². The fourth-order valence-corrected chi connectivity index (χ4v) is 2.60. The van der Waals surface area contributed by atoms with Crippen LogP contribution in [-0.2, 0) is 11.2 Å². The molecule has 18 heavy (non-hydrogen) atoms. The first-order valence-electron chi connectivity index (χ1n) is 6.18. The lowest BCUT2D eigenvalue weighted by molar-refractivity contribution is -0.121. The van der Waals surface area contributed by atoms with E-state index in [1.807, 2.05) is 30.3 Å². The van der Waals surface area contributed by atoms with Crippen LogP contribution in [-0.4, -0.2) is 5.91 Å². The molecular weight excluding hydrogens is 222 g/mol. The second-order valence-corrected chi connectivity index (χ2v) is 4.73. The Balaban J connectivity index is 2.13. The van der Waals surface area contributed by atoms with Gasteiger partial charge in [-0.05, 0) is 29.2 Å². The van der Waals surface area contributed by atoms with Crippen LogP contribution in [0.3, 0.4) is 0 Å². The Bertz CT molecular complexity index is 604. The van der Waals surface area contributed by atoms with E-state index in [4.69, 9.17) is 0 Å². The summed E-state index contributed by atoms with van der Waals surface area (Å²) < 4.78 is 0. The van der Waals surface area contributed by atoms with Crippen LogP contribution < -0.4 is 5.32 Å². The standard InChI is InChI=1S/C16H15NO/c1-11-6-2-4-8-13(11)16-14-9-5-3-7-12(14)10-15(18)17-16/h2-9,16H,10H2,1H3,(H,17,18)/t16-/m0/s1. The predicted octanol–water partition coefficient (Wildman–Crippen LogP) is 2.76. The molecule has 2 aromatic carbocycles. The number of benzene rings is 2. The summed E-state index contributed by atoms with van der Waals surface area (Å²) in [6, 6.07) is 16.4. The van der Waals surface area contributed by atoms with E-state index < -0.39 is 0 Å². The van der Waals surface area contributed by atoms with E-state index in [9.17, 15) is 4.79 Å². The van der Waals surface area contributed by atoms with E-state index in [1.165, 1.54) is 16.7 Å². The van der Waals surface area contributed by atoms with E-state index in [1.54, 1.807) is 0 Å². The molecule has 1 aliphatic heterocycles. The Labute approximate surface area is 107 Å². The number of carbonyl (C=O) groups excluding carboxylic acids is 1. The van der Waals surface area contributed by atoms with Crippen LogP contribution in [0.15, 0.2) is 48.5 Å². The molecule has 0 unspecified atom stereocenters. The third kappa shape index (κ3) is 1.80. The van der Waals surface area contributed by atoms with Gasteiger partial charge in [-0.2, -0.15) is 0 Å². The molecule has 0 radical (unpaired) electrons. The fourth-order valence-electron chi connectivity index (χ4n) is 2.60. The number of fused-ring (bicyclic) bond motifs is 1. The Hall–Kier alpha value is -2.09. The van der Waals surface area contributed by atoms with Gasteiger partial charge in [-0.15, -0.1) is 0 Å². The highest BCUT2D eigenvalue weighted by atomic mass is 16.1. The number of rotatable bonds is 1. The number of carbonyl (C=O) groups is 1. The number of aryl methyl sites for hydroxylation is 1. The summed E-state index contributed by atoms with van der Waals surface area (Å²) in [5.41, 5.74) is 4.73. The average molecular weight is 237 g/mol. The van der Waals surface area contributed by atoms with Gasteiger partial charge in [0.2, 0.25) is 5.91 Å². The lowest BCUT2D eigenvalue weighted by atomic mass is 9.88. The highest BCUT2D eigenvalue weighted by Gasteiger charge is 2.25. The van der Waals surface area contributed by atoms with E-state index in [0.29, 0.717) is 6.42 Å². The van der Waals surface area contributed by atoms with Crippen molar-refractivity contribution in [3.05, 3.63) is 70.8 Å². The van der Waals surface area contributed by atoms with Crippen molar-refractivity contribution in [3.63, 3.8) is 0 Å². The van der Waals surface area contributed by atoms with Crippen molar-refractivity contribution in [1.29, 1.82) is 0 Å². The quantitative estimate of drug-likeness (QED) is 0.811. The van der Waals surface area contributed by atoms with Crippen molar-refractivity contribution in [3.8, 4) is 0 Å². The molecule has 1 atom stereocenters. The molecule has 0 bridgehead atoms. The second kappa shape index (κ2) is 4.30. The van der Waals surface area contributed by atoms with Gasteiger partial charge in [-0.25, -0.2) is 0 Å². The fraction of sp³-hybridized carbons (Fsp3) is 0.188. The molecule has 1 heterocycles. The Morgan fingerprint density at radius 1 is 1.00 bits per heavy atom. The maximum absolute atomic E-state index is 11.8. The molecule has 0 saturated carbocycles. The van der Waals surface area contributed by atoms with Gasteiger partial charge in [0.15, 0.2) is 0 Å². The molecule has 90 valence electrons. The van der Waals surface area contributed by atoms with Crippen molar-refractivity contribution < 1.29 is 4.79 Å². The molecule has 1 amide bonds. The monoisotopic (exact) mass is 237 g/mol. The smallest absolute Gasteiger partial charge is 0.225 e. The summed E-state index contributed by atoms with van der Waals surface area (Å²) in [5, 5.41) is 3.09. The first-order valence-corrected chi connectivity index (χ1v) is 6.18. The minimum atomic E-state index is -0.0105. The molecule has 0 fully saturated rings. The molecule has 0 aromatic heterocycles. The van der Waals surface area contributed by atoms with Crippen LogP contribution in [0.25, 0.3) is 0 Å². The minimum Gasteiger partial charge on any atom is -0.345 e. The Morgan fingerprint density at radius 3 is 2.44 bits per heavy atom. The number of amides is 1. The summed E-state index contributed by atoms with van der Waals surface area (Å²) in [4.78, 5) is 11.8. The van der Waals surface area contributed by atoms with E-state index in [-0.39, 0.29) is 11.9 Å². The number of hydrogen-bond acceptors (Lipinski definition) is 1. The molecule has 0 spiro atoms.